The van der Waals surface area contributed by atoms with Crippen LogP contribution in [-0.2, 0) is 0 Å². The summed E-state index contributed by atoms with van der Waals surface area (Å²) in [7, 11) is -1.35. The highest BCUT2D eigenvalue weighted by Crippen LogP contribution is 2.20. The summed E-state index contributed by atoms with van der Waals surface area (Å²) in [5.74, 6) is 0. The van der Waals surface area contributed by atoms with Crippen LogP contribution in [0.15, 0.2) is 38.0 Å². The molecule has 1 heteroatoms. The fourth-order valence-corrected chi connectivity index (χ4v) is 3.51. The van der Waals surface area contributed by atoms with Crippen molar-refractivity contribution >= 4 is 8.07 Å². The van der Waals surface area contributed by atoms with Crippen LogP contribution in [0.25, 0.3) is 0 Å². The van der Waals surface area contributed by atoms with E-state index < -0.39 is 8.07 Å². The lowest BCUT2D eigenvalue weighted by Gasteiger charge is -2.22. The Balaban J connectivity index is 4.09. The van der Waals surface area contributed by atoms with Crippen molar-refractivity contribution in [2.75, 3.05) is 0 Å². The van der Waals surface area contributed by atoms with Crippen molar-refractivity contribution in [3.05, 3.63) is 44.5 Å². The van der Waals surface area contributed by atoms with Gasteiger partial charge in [-0.1, -0.05) is 24.8 Å². The first-order valence-corrected chi connectivity index (χ1v) is 6.69. The molecule has 0 nitrogen and oxygen atoms in total. The maximum Gasteiger partial charge on any atom is 0.0645 e. The fraction of sp³-hybridized carbons (Fsp3) is 0.300. The smallest absolute Gasteiger partial charge is 0.0645 e. The SMILES string of the molecule is [CH2][Si](CC=C)(CC=C)CC=C. The van der Waals surface area contributed by atoms with Crippen LogP contribution in [0.2, 0.25) is 18.1 Å². The van der Waals surface area contributed by atoms with Gasteiger partial charge in [0.1, 0.15) is 0 Å². The molecule has 0 N–H and O–H groups in total. The third-order valence-corrected chi connectivity index (χ3v) is 5.20. The van der Waals surface area contributed by atoms with Crippen LogP contribution in [0.4, 0.5) is 0 Å². The van der Waals surface area contributed by atoms with Gasteiger partial charge in [0.05, 0.1) is 8.07 Å². The van der Waals surface area contributed by atoms with E-state index in [-0.39, 0.29) is 0 Å². The summed E-state index contributed by atoms with van der Waals surface area (Å²) in [6.45, 7) is 15.5. The monoisotopic (exact) mass is 165 g/mol. The summed E-state index contributed by atoms with van der Waals surface area (Å²) in [5.41, 5.74) is 0. The molecule has 0 amide bonds. The first-order valence-electron chi connectivity index (χ1n) is 3.86. The maximum atomic E-state index is 4.26. The van der Waals surface area contributed by atoms with E-state index in [2.05, 4.69) is 26.3 Å². The zero-order valence-electron chi connectivity index (χ0n) is 7.18. The molecule has 61 valence electrons. The van der Waals surface area contributed by atoms with Gasteiger partial charge in [-0.25, -0.2) is 0 Å². The number of rotatable bonds is 6. The molecule has 0 aromatic rings. The summed E-state index contributed by atoms with van der Waals surface area (Å²) in [5, 5.41) is 0. The molecule has 0 aromatic carbocycles. The molecule has 0 heterocycles. The van der Waals surface area contributed by atoms with Crippen LogP contribution >= 0.6 is 0 Å². The Kier molecular flexibility index (Phi) is 4.87. The van der Waals surface area contributed by atoms with Crippen molar-refractivity contribution in [1.82, 2.24) is 0 Å². The van der Waals surface area contributed by atoms with Crippen molar-refractivity contribution in [3.8, 4) is 0 Å². The van der Waals surface area contributed by atoms with Crippen molar-refractivity contribution < 1.29 is 0 Å². The molecular formula is C10H17Si. The highest BCUT2D eigenvalue weighted by atomic mass is 28.3. The molecule has 0 spiro atoms. The second-order valence-electron chi connectivity index (χ2n) is 2.98. The minimum Gasteiger partial charge on any atom is -0.103 e. The fourth-order valence-electron chi connectivity index (χ4n) is 1.17. The Morgan fingerprint density at radius 3 is 1.27 bits per heavy atom. The van der Waals surface area contributed by atoms with E-state index in [0.29, 0.717) is 0 Å². The molecule has 0 aliphatic rings. The molecule has 0 aliphatic carbocycles. The third kappa shape index (κ3) is 3.99. The molecule has 11 heavy (non-hydrogen) atoms. The van der Waals surface area contributed by atoms with E-state index in [9.17, 15) is 0 Å². The minimum absolute atomic E-state index is 1.06. The van der Waals surface area contributed by atoms with Gasteiger partial charge in [-0.3, -0.25) is 0 Å². The second-order valence-corrected chi connectivity index (χ2v) is 7.20. The van der Waals surface area contributed by atoms with Crippen molar-refractivity contribution in [2.24, 2.45) is 0 Å². The number of hydrogen-bond donors (Lipinski definition) is 0. The Bertz CT molecular complexity index is 120. The largest absolute Gasteiger partial charge is 0.103 e. The Labute approximate surface area is 71.3 Å². The van der Waals surface area contributed by atoms with Gasteiger partial charge in [0, 0.05) is 0 Å². The van der Waals surface area contributed by atoms with Crippen LogP contribution in [0, 0.1) is 6.55 Å². The normalized spacial score (nSPS) is 10.6. The Hall–Kier alpha value is -0.563. The molecule has 0 unspecified atom stereocenters. The topological polar surface area (TPSA) is 0 Å². The first kappa shape index (κ1) is 10.4. The molecular weight excluding hydrogens is 148 g/mol. The van der Waals surface area contributed by atoms with Crippen LogP contribution in [0.5, 0.6) is 0 Å². The van der Waals surface area contributed by atoms with E-state index in [1.54, 1.807) is 0 Å². The maximum absolute atomic E-state index is 4.26. The highest BCUT2D eigenvalue weighted by Gasteiger charge is 2.21. The molecule has 0 bridgehead atoms. The second kappa shape index (κ2) is 5.14. The van der Waals surface area contributed by atoms with Gasteiger partial charge < -0.3 is 0 Å². The zero-order valence-corrected chi connectivity index (χ0v) is 8.18. The van der Waals surface area contributed by atoms with Crippen molar-refractivity contribution in [3.63, 3.8) is 0 Å². The van der Waals surface area contributed by atoms with Gasteiger partial charge >= 0.3 is 0 Å². The molecule has 0 saturated heterocycles. The average molecular weight is 165 g/mol. The average Bonchev–Trinajstić information content (AvgIpc) is 1.88. The summed E-state index contributed by atoms with van der Waals surface area (Å²) >= 11 is 0. The number of allylic oxidation sites excluding steroid dienone is 3. The lowest BCUT2D eigenvalue weighted by molar-refractivity contribution is 1.38. The van der Waals surface area contributed by atoms with Gasteiger partial charge in [0.15, 0.2) is 0 Å². The van der Waals surface area contributed by atoms with Gasteiger partial charge in [0.2, 0.25) is 0 Å². The van der Waals surface area contributed by atoms with Crippen LogP contribution in [0.1, 0.15) is 0 Å². The van der Waals surface area contributed by atoms with E-state index >= 15 is 0 Å². The van der Waals surface area contributed by atoms with Gasteiger partial charge in [0.25, 0.3) is 0 Å². The summed E-state index contributed by atoms with van der Waals surface area (Å²) in [6, 6.07) is 3.18. The number of hydrogen-bond acceptors (Lipinski definition) is 0. The van der Waals surface area contributed by atoms with Crippen LogP contribution < -0.4 is 0 Å². The summed E-state index contributed by atoms with van der Waals surface area (Å²) < 4.78 is 0. The van der Waals surface area contributed by atoms with Crippen LogP contribution in [-0.4, -0.2) is 8.07 Å². The minimum atomic E-state index is -1.35. The molecule has 0 rings (SSSR count). The molecule has 0 fully saturated rings. The van der Waals surface area contributed by atoms with Crippen LogP contribution in [0.3, 0.4) is 0 Å². The lowest BCUT2D eigenvalue weighted by atomic mass is 10.7. The Morgan fingerprint density at radius 1 is 0.818 bits per heavy atom. The first-order chi connectivity index (χ1) is 5.18. The van der Waals surface area contributed by atoms with Gasteiger partial charge in [-0.05, 0) is 18.1 Å². The highest BCUT2D eigenvalue weighted by molar-refractivity contribution is 6.82. The van der Waals surface area contributed by atoms with Gasteiger partial charge in [-0.15, -0.1) is 19.7 Å². The summed E-state index contributed by atoms with van der Waals surface area (Å²) in [6.07, 6.45) is 5.89. The lowest BCUT2D eigenvalue weighted by Crippen LogP contribution is -2.27. The van der Waals surface area contributed by atoms with Crippen molar-refractivity contribution in [2.45, 2.75) is 18.1 Å². The van der Waals surface area contributed by atoms with Crippen molar-refractivity contribution in [1.29, 1.82) is 0 Å². The molecule has 1 radical (unpaired) electrons. The predicted octanol–water partition coefficient (Wildman–Crippen LogP) is 3.37. The van der Waals surface area contributed by atoms with E-state index in [1.165, 1.54) is 0 Å². The third-order valence-electron chi connectivity index (χ3n) is 1.73. The summed E-state index contributed by atoms with van der Waals surface area (Å²) in [4.78, 5) is 0. The standard InChI is InChI=1S/C10H17Si/c1-5-8-11(4,9-6-2)10-7-3/h5-7H,1-4,8-10H2. The van der Waals surface area contributed by atoms with Gasteiger partial charge in [-0.2, -0.15) is 0 Å². The molecule has 0 saturated carbocycles. The molecule has 0 atom stereocenters. The van der Waals surface area contributed by atoms with E-state index in [0.717, 1.165) is 18.1 Å². The Morgan fingerprint density at radius 2 is 1.09 bits per heavy atom. The molecule has 0 aromatic heterocycles. The quantitative estimate of drug-likeness (QED) is 0.418. The zero-order chi connectivity index (χ0) is 8.74. The predicted molar refractivity (Wildman–Crippen MR) is 56.1 cm³/mol. The van der Waals surface area contributed by atoms with E-state index in [4.69, 9.17) is 0 Å². The molecule has 0 aliphatic heterocycles. The van der Waals surface area contributed by atoms with E-state index in [1.807, 2.05) is 18.2 Å².